The highest BCUT2D eigenvalue weighted by molar-refractivity contribution is 7.99. The molecular weight excluding hydrogens is 344 g/mol. The summed E-state index contributed by atoms with van der Waals surface area (Å²) in [4.78, 5) is 28.5. The lowest BCUT2D eigenvalue weighted by Crippen LogP contribution is -2.16. The molecule has 0 radical (unpaired) electrons. The average Bonchev–Trinajstić information content (AvgIpc) is 3.02. The van der Waals surface area contributed by atoms with Crippen LogP contribution in [0.3, 0.4) is 0 Å². The first kappa shape index (κ1) is 18.9. The van der Waals surface area contributed by atoms with Gasteiger partial charge in [-0.15, -0.1) is 5.10 Å². The third kappa shape index (κ3) is 5.85. The molecule has 2 aromatic rings. The zero-order chi connectivity index (χ0) is 18.2. The fourth-order valence-electron chi connectivity index (χ4n) is 1.76. The van der Waals surface area contributed by atoms with Crippen molar-refractivity contribution in [2.75, 3.05) is 29.5 Å². The topological polar surface area (TPSA) is 120 Å². The van der Waals surface area contributed by atoms with Crippen LogP contribution >= 0.6 is 11.8 Å². The van der Waals surface area contributed by atoms with Gasteiger partial charge in [-0.25, -0.2) is 4.98 Å². The Hall–Kier alpha value is -2.43. The predicted molar refractivity (Wildman–Crippen MR) is 95.0 cm³/mol. The van der Waals surface area contributed by atoms with Crippen molar-refractivity contribution in [3.8, 4) is 5.95 Å². The van der Waals surface area contributed by atoms with Gasteiger partial charge in [0.1, 0.15) is 6.33 Å². The number of hydrogen-bond donors (Lipinski definition) is 2. The molecule has 0 amide bonds. The Labute approximate surface area is 150 Å². The molecule has 136 valence electrons. The van der Waals surface area contributed by atoms with Crippen molar-refractivity contribution in [3.63, 3.8) is 0 Å². The molecule has 10 nitrogen and oxygen atoms in total. The van der Waals surface area contributed by atoms with E-state index in [-0.39, 0.29) is 17.8 Å². The van der Waals surface area contributed by atoms with Gasteiger partial charge in [-0.3, -0.25) is 4.79 Å². The zero-order valence-electron chi connectivity index (χ0n) is 14.7. The Balaban J connectivity index is 2.16. The van der Waals surface area contributed by atoms with E-state index in [2.05, 4.69) is 35.7 Å². The molecule has 0 saturated heterocycles. The number of rotatable bonds is 9. The molecule has 0 saturated carbocycles. The number of esters is 1. The van der Waals surface area contributed by atoms with Gasteiger partial charge in [0.15, 0.2) is 0 Å². The van der Waals surface area contributed by atoms with Crippen LogP contribution in [0.2, 0.25) is 0 Å². The summed E-state index contributed by atoms with van der Waals surface area (Å²) in [5.41, 5.74) is 0. The lowest BCUT2D eigenvalue weighted by molar-refractivity contribution is -0.139. The molecule has 0 aromatic carbocycles. The van der Waals surface area contributed by atoms with Crippen molar-refractivity contribution in [3.05, 3.63) is 6.33 Å². The highest BCUT2D eigenvalue weighted by Crippen LogP contribution is 2.14. The van der Waals surface area contributed by atoms with Gasteiger partial charge in [-0.05, 0) is 27.7 Å². The summed E-state index contributed by atoms with van der Waals surface area (Å²) in [6, 6.07) is 0.177. The highest BCUT2D eigenvalue weighted by Gasteiger charge is 2.12. The van der Waals surface area contributed by atoms with E-state index in [0.29, 0.717) is 36.2 Å². The average molecular weight is 366 g/mol. The van der Waals surface area contributed by atoms with E-state index in [9.17, 15) is 4.79 Å². The Morgan fingerprint density at radius 3 is 2.72 bits per heavy atom. The largest absolute Gasteiger partial charge is 0.465 e. The monoisotopic (exact) mass is 366 g/mol. The number of aromatic nitrogens is 6. The number of anilines is 2. The lowest BCUT2D eigenvalue weighted by atomic mass is 10.4. The molecule has 0 fully saturated rings. The van der Waals surface area contributed by atoms with Crippen LogP contribution in [-0.2, 0) is 9.53 Å². The maximum absolute atomic E-state index is 11.4. The normalized spacial score (nSPS) is 10.8. The van der Waals surface area contributed by atoms with Crippen molar-refractivity contribution in [2.45, 2.75) is 38.9 Å². The molecule has 0 aliphatic carbocycles. The Bertz CT molecular complexity index is 706. The van der Waals surface area contributed by atoms with E-state index in [1.165, 1.54) is 22.8 Å². The second-order valence-corrected chi connectivity index (χ2v) is 6.12. The van der Waals surface area contributed by atoms with Crippen LogP contribution in [0.1, 0.15) is 27.7 Å². The summed E-state index contributed by atoms with van der Waals surface area (Å²) in [5, 5.41) is 10.9. The van der Waals surface area contributed by atoms with E-state index in [0.717, 1.165) is 0 Å². The standard InChI is InChI=1S/C14H22N8O2S/c1-5-15-11-18-12(17-9(3)4)20-13(19-11)22-8-16-14(21-22)25-7-10(23)24-6-2/h8-9H,5-7H2,1-4H3,(H2,15,17,18,19,20). The van der Waals surface area contributed by atoms with Gasteiger partial charge >= 0.3 is 5.97 Å². The van der Waals surface area contributed by atoms with Crippen molar-refractivity contribution < 1.29 is 9.53 Å². The second-order valence-electron chi connectivity index (χ2n) is 5.18. The van der Waals surface area contributed by atoms with E-state index in [1.54, 1.807) is 6.92 Å². The first-order chi connectivity index (χ1) is 12.0. The van der Waals surface area contributed by atoms with E-state index in [4.69, 9.17) is 4.74 Å². The van der Waals surface area contributed by atoms with Gasteiger partial charge in [0.05, 0.1) is 12.4 Å². The smallest absolute Gasteiger partial charge is 0.316 e. The number of thioether (sulfide) groups is 1. The third-order valence-electron chi connectivity index (χ3n) is 2.68. The second kappa shape index (κ2) is 9.16. The van der Waals surface area contributed by atoms with Gasteiger partial charge in [-0.1, -0.05) is 11.8 Å². The third-order valence-corrected chi connectivity index (χ3v) is 3.50. The zero-order valence-corrected chi connectivity index (χ0v) is 15.5. The Morgan fingerprint density at radius 1 is 1.28 bits per heavy atom. The van der Waals surface area contributed by atoms with Crippen LogP contribution < -0.4 is 10.6 Å². The van der Waals surface area contributed by atoms with Crippen LogP contribution in [0.15, 0.2) is 11.5 Å². The molecular formula is C14H22N8O2S. The number of nitrogens with zero attached hydrogens (tertiary/aromatic N) is 6. The van der Waals surface area contributed by atoms with Gasteiger partial charge < -0.3 is 15.4 Å². The van der Waals surface area contributed by atoms with Crippen molar-refractivity contribution in [2.24, 2.45) is 0 Å². The van der Waals surface area contributed by atoms with E-state index in [1.807, 2.05) is 20.8 Å². The highest BCUT2D eigenvalue weighted by atomic mass is 32.2. The minimum absolute atomic E-state index is 0.151. The van der Waals surface area contributed by atoms with Gasteiger partial charge in [0.2, 0.25) is 17.1 Å². The minimum Gasteiger partial charge on any atom is -0.465 e. The quantitative estimate of drug-likeness (QED) is 0.497. The maximum Gasteiger partial charge on any atom is 0.316 e. The van der Waals surface area contributed by atoms with Crippen molar-refractivity contribution >= 4 is 29.6 Å². The minimum atomic E-state index is -0.304. The molecule has 2 N–H and O–H groups in total. The van der Waals surface area contributed by atoms with Crippen molar-refractivity contribution in [1.29, 1.82) is 0 Å². The molecule has 0 bridgehead atoms. The predicted octanol–water partition coefficient (Wildman–Crippen LogP) is 1.36. The Morgan fingerprint density at radius 2 is 2.04 bits per heavy atom. The Kier molecular flexibility index (Phi) is 6.92. The van der Waals surface area contributed by atoms with Crippen molar-refractivity contribution in [1.82, 2.24) is 29.7 Å². The van der Waals surface area contributed by atoms with Crippen LogP contribution in [-0.4, -0.2) is 60.6 Å². The summed E-state index contributed by atoms with van der Waals surface area (Å²) in [5.74, 6) is 1.09. The van der Waals surface area contributed by atoms with Crippen LogP contribution in [0.5, 0.6) is 0 Å². The fraction of sp³-hybridized carbons (Fsp3) is 0.571. The summed E-state index contributed by atoms with van der Waals surface area (Å²) in [6.45, 7) is 8.75. The molecule has 0 aliphatic rings. The van der Waals surface area contributed by atoms with Gasteiger partial charge in [0.25, 0.3) is 5.95 Å². The van der Waals surface area contributed by atoms with Gasteiger partial charge in [-0.2, -0.15) is 19.6 Å². The number of carbonyl (C=O) groups excluding carboxylic acids is 1. The molecule has 0 unspecified atom stereocenters. The number of nitrogens with one attached hydrogen (secondary N) is 2. The molecule has 25 heavy (non-hydrogen) atoms. The molecule has 2 heterocycles. The SMILES string of the molecule is CCNc1nc(NC(C)C)nc(-n2cnc(SCC(=O)OCC)n2)n1. The first-order valence-electron chi connectivity index (χ1n) is 7.98. The molecule has 2 aromatic heterocycles. The van der Waals surface area contributed by atoms with Crippen LogP contribution in [0, 0.1) is 0 Å². The van der Waals surface area contributed by atoms with Crippen LogP contribution in [0.25, 0.3) is 5.95 Å². The fourth-order valence-corrected chi connectivity index (χ4v) is 2.36. The number of ether oxygens (including phenoxy) is 1. The molecule has 0 spiro atoms. The molecule has 0 atom stereocenters. The van der Waals surface area contributed by atoms with E-state index < -0.39 is 0 Å². The summed E-state index contributed by atoms with van der Waals surface area (Å²) < 4.78 is 6.32. The summed E-state index contributed by atoms with van der Waals surface area (Å²) in [7, 11) is 0. The number of carbonyl (C=O) groups is 1. The molecule has 11 heteroatoms. The summed E-state index contributed by atoms with van der Waals surface area (Å²) in [6.07, 6.45) is 1.50. The summed E-state index contributed by atoms with van der Waals surface area (Å²) >= 11 is 1.19. The maximum atomic E-state index is 11.4. The molecule has 0 aliphatic heterocycles. The first-order valence-corrected chi connectivity index (χ1v) is 8.97. The lowest BCUT2D eigenvalue weighted by Gasteiger charge is -2.11. The number of hydrogen-bond acceptors (Lipinski definition) is 10. The van der Waals surface area contributed by atoms with E-state index >= 15 is 0 Å². The molecule has 2 rings (SSSR count). The van der Waals surface area contributed by atoms with Gasteiger partial charge in [0, 0.05) is 12.6 Å². The van der Waals surface area contributed by atoms with Crippen LogP contribution in [0.4, 0.5) is 11.9 Å².